The van der Waals surface area contributed by atoms with Crippen LogP contribution in [0.3, 0.4) is 0 Å². The van der Waals surface area contributed by atoms with Crippen LogP contribution in [-0.2, 0) is 0 Å². The van der Waals surface area contributed by atoms with Crippen molar-refractivity contribution in [2.45, 2.75) is 18.8 Å². The Morgan fingerprint density at radius 1 is 0.935 bits per heavy atom. The first-order chi connectivity index (χ1) is 15.1. The van der Waals surface area contributed by atoms with Crippen molar-refractivity contribution in [3.05, 3.63) is 95.9 Å². The van der Waals surface area contributed by atoms with E-state index in [4.69, 9.17) is 4.42 Å². The number of nitrogens with zero attached hydrogens (tertiary/aromatic N) is 1. The van der Waals surface area contributed by atoms with E-state index in [1.807, 2.05) is 30.3 Å². The van der Waals surface area contributed by atoms with E-state index in [2.05, 4.69) is 10.3 Å². The second-order valence-electron chi connectivity index (χ2n) is 7.50. The normalized spacial score (nSPS) is 13.2. The Balaban J connectivity index is 1.54. The molecule has 4 aromatic rings. The molecule has 6 heteroatoms. The van der Waals surface area contributed by atoms with E-state index in [-0.39, 0.29) is 22.9 Å². The number of halogens is 2. The first-order valence-electron chi connectivity index (χ1n) is 10.0. The van der Waals surface area contributed by atoms with Gasteiger partial charge in [0.1, 0.15) is 17.4 Å². The van der Waals surface area contributed by atoms with Crippen LogP contribution in [0.25, 0.3) is 22.6 Å². The number of anilines is 1. The minimum absolute atomic E-state index is 0.0939. The molecular formula is C25H18F2N2O2. The Hall–Kier alpha value is -3.80. The van der Waals surface area contributed by atoms with Crippen LogP contribution < -0.4 is 5.32 Å². The zero-order valence-corrected chi connectivity index (χ0v) is 16.4. The van der Waals surface area contributed by atoms with Gasteiger partial charge in [0.2, 0.25) is 5.89 Å². The molecule has 0 radical (unpaired) electrons. The number of hydrogen-bond donors (Lipinski definition) is 1. The zero-order valence-electron chi connectivity index (χ0n) is 16.4. The van der Waals surface area contributed by atoms with Crippen LogP contribution in [-0.4, -0.2) is 10.9 Å². The molecule has 0 saturated heterocycles. The number of carbonyl (C=O) groups excluding carboxylic acids is 1. The van der Waals surface area contributed by atoms with E-state index in [9.17, 15) is 13.6 Å². The van der Waals surface area contributed by atoms with Gasteiger partial charge in [-0.1, -0.05) is 48.5 Å². The van der Waals surface area contributed by atoms with Gasteiger partial charge < -0.3 is 9.73 Å². The summed E-state index contributed by atoms with van der Waals surface area (Å²) in [5.41, 5.74) is 1.63. The maximum Gasteiger partial charge on any atom is 0.278 e. The number of oxazole rings is 1. The number of rotatable bonds is 5. The molecule has 0 atom stereocenters. The lowest BCUT2D eigenvalue weighted by Gasteiger charge is -2.12. The van der Waals surface area contributed by atoms with E-state index in [0.717, 1.165) is 24.5 Å². The summed E-state index contributed by atoms with van der Waals surface area (Å²) in [5.74, 6) is -1.20. The Morgan fingerprint density at radius 2 is 1.58 bits per heavy atom. The predicted octanol–water partition coefficient (Wildman–Crippen LogP) is 6.42. The van der Waals surface area contributed by atoms with Gasteiger partial charge in [-0.15, -0.1) is 0 Å². The molecule has 4 nitrogen and oxygen atoms in total. The second-order valence-corrected chi connectivity index (χ2v) is 7.50. The lowest BCUT2D eigenvalue weighted by Crippen LogP contribution is -2.16. The first kappa shape index (κ1) is 19.2. The predicted molar refractivity (Wildman–Crippen MR) is 114 cm³/mol. The van der Waals surface area contributed by atoms with E-state index in [0.29, 0.717) is 17.2 Å². The lowest BCUT2D eigenvalue weighted by atomic mass is 10.0. The number of carbonyl (C=O) groups is 1. The summed E-state index contributed by atoms with van der Waals surface area (Å²) in [6, 6.07) is 20.0. The quantitative estimate of drug-likeness (QED) is 0.409. The summed E-state index contributed by atoms with van der Waals surface area (Å²) in [4.78, 5) is 17.6. The van der Waals surface area contributed by atoms with Gasteiger partial charge in [0.05, 0.1) is 5.69 Å². The van der Waals surface area contributed by atoms with Crippen molar-refractivity contribution in [1.82, 2.24) is 4.98 Å². The van der Waals surface area contributed by atoms with E-state index >= 15 is 0 Å². The number of hydrogen-bond acceptors (Lipinski definition) is 3. The highest BCUT2D eigenvalue weighted by molar-refractivity contribution is 6.06. The molecular weight excluding hydrogens is 398 g/mol. The third kappa shape index (κ3) is 3.84. The summed E-state index contributed by atoms with van der Waals surface area (Å²) < 4.78 is 34.6. The third-order valence-corrected chi connectivity index (χ3v) is 5.22. The molecule has 1 amide bonds. The highest BCUT2D eigenvalue weighted by Crippen LogP contribution is 2.43. The van der Waals surface area contributed by atoms with Gasteiger partial charge in [-0.05, 0) is 36.6 Å². The molecule has 1 fully saturated rings. The van der Waals surface area contributed by atoms with E-state index in [1.54, 1.807) is 30.3 Å². The average Bonchev–Trinajstić information content (AvgIpc) is 3.54. The topological polar surface area (TPSA) is 55.1 Å². The SMILES string of the molecule is O=C(Nc1c(F)cc(F)cc1-c1ccccc1)c1nc(-c2ccccc2)oc1C1CC1. The van der Waals surface area contributed by atoms with Gasteiger partial charge in [0.15, 0.2) is 5.69 Å². The molecule has 1 aliphatic carbocycles. The molecule has 0 aliphatic heterocycles. The van der Waals surface area contributed by atoms with Crippen LogP contribution in [0.4, 0.5) is 14.5 Å². The van der Waals surface area contributed by atoms with Crippen LogP contribution >= 0.6 is 0 Å². The Kier molecular flexibility index (Phi) is 4.82. The molecule has 0 spiro atoms. The molecule has 154 valence electrons. The summed E-state index contributed by atoms with van der Waals surface area (Å²) in [6.45, 7) is 0. The maximum absolute atomic E-state index is 14.7. The maximum atomic E-state index is 14.7. The van der Waals surface area contributed by atoms with Crippen molar-refractivity contribution in [2.24, 2.45) is 0 Å². The van der Waals surface area contributed by atoms with Crippen molar-refractivity contribution in [3.8, 4) is 22.6 Å². The molecule has 0 unspecified atom stereocenters. The minimum atomic E-state index is -0.855. The molecule has 0 bridgehead atoms. The summed E-state index contributed by atoms with van der Waals surface area (Å²) >= 11 is 0. The van der Waals surface area contributed by atoms with Gasteiger partial charge in [-0.3, -0.25) is 4.79 Å². The molecule has 1 saturated carbocycles. The number of amides is 1. The minimum Gasteiger partial charge on any atom is -0.440 e. The molecule has 1 aromatic heterocycles. The monoisotopic (exact) mass is 416 g/mol. The summed E-state index contributed by atoms with van der Waals surface area (Å²) in [5, 5.41) is 2.61. The molecule has 1 aliphatic rings. The fraction of sp³-hybridized carbons (Fsp3) is 0.120. The summed E-state index contributed by atoms with van der Waals surface area (Å²) in [6.07, 6.45) is 1.81. The van der Waals surface area contributed by atoms with Crippen molar-refractivity contribution in [3.63, 3.8) is 0 Å². The van der Waals surface area contributed by atoms with E-state index < -0.39 is 17.5 Å². The largest absolute Gasteiger partial charge is 0.440 e. The number of nitrogens with one attached hydrogen (secondary N) is 1. The smallest absolute Gasteiger partial charge is 0.278 e. The molecule has 1 N–H and O–H groups in total. The van der Waals surface area contributed by atoms with E-state index in [1.165, 1.54) is 6.07 Å². The fourth-order valence-electron chi connectivity index (χ4n) is 3.54. The first-order valence-corrected chi connectivity index (χ1v) is 10.0. The third-order valence-electron chi connectivity index (χ3n) is 5.22. The Morgan fingerprint density at radius 3 is 2.23 bits per heavy atom. The Bertz CT molecular complexity index is 1250. The average molecular weight is 416 g/mol. The van der Waals surface area contributed by atoms with Crippen LogP contribution in [0.15, 0.2) is 77.2 Å². The van der Waals surface area contributed by atoms with Crippen molar-refractivity contribution in [1.29, 1.82) is 0 Å². The second kappa shape index (κ2) is 7.80. The van der Waals surface area contributed by atoms with Gasteiger partial charge in [-0.25, -0.2) is 13.8 Å². The molecule has 1 heterocycles. The van der Waals surface area contributed by atoms with Gasteiger partial charge >= 0.3 is 0 Å². The molecule has 5 rings (SSSR count). The number of aromatic nitrogens is 1. The van der Waals surface area contributed by atoms with Crippen molar-refractivity contribution >= 4 is 11.6 Å². The highest BCUT2D eigenvalue weighted by Gasteiger charge is 2.34. The van der Waals surface area contributed by atoms with Crippen LogP contribution in [0.1, 0.15) is 35.0 Å². The highest BCUT2D eigenvalue weighted by atomic mass is 19.1. The standard InChI is InChI=1S/C25H18F2N2O2/c26-18-13-19(15-7-3-1-4-8-15)21(20(27)14-18)28-24(30)22-23(16-11-12-16)31-25(29-22)17-9-5-2-6-10-17/h1-10,13-14,16H,11-12H2,(H,28,30). The fourth-order valence-corrected chi connectivity index (χ4v) is 3.54. The summed E-state index contributed by atoms with van der Waals surface area (Å²) in [7, 11) is 0. The van der Waals surface area contributed by atoms with Gasteiger partial charge in [0.25, 0.3) is 5.91 Å². The van der Waals surface area contributed by atoms with Crippen molar-refractivity contribution in [2.75, 3.05) is 5.32 Å². The van der Waals surface area contributed by atoms with Crippen LogP contribution in [0.2, 0.25) is 0 Å². The molecule has 31 heavy (non-hydrogen) atoms. The zero-order chi connectivity index (χ0) is 21.4. The van der Waals surface area contributed by atoms with Gasteiger partial charge in [-0.2, -0.15) is 0 Å². The lowest BCUT2D eigenvalue weighted by molar-refractivity contribution is 0.102. The van der Waals surface area contributed by atoms with Crippen LogP contribution in [0, 0.1) is 11.6 Å². The van der Waals surface area contributed by atoms with Crippen LogP contribution in [0.5, 0.6) is 0 Å². The van der Waals surface area contributed by atoms with Gasteiger partial charge in [0, 0.05) is 23.1 Å². The molecule has 3 aromatic carbocycles. The Labute approximate surface area is 177 Å². The van der Waals surface area contributed by atoms with Crippen molar-refractivity contribution < 1.29 is 18.0 Å². The number of benzene rings is 3.